The largest absolute Gasteiger partial charge is 0.390 e. The summed E-state index contributed by atoms with van der Waals surface area (Å²) < 4.78 is 0. The van der Waals surface area contributed by atoms with Gasteiger partial charge in [-0.2, -0.15) is 0 Å². The van der Waals surface area contributed by atoms with Crippen molar-refractivity contribution in [3.8, 4) is 0 Å². The second kappa shape index (κ2) is 7.79. The molecule has 2 amide bonds. The van der Waals surface area contributed by atoms with Gasteiger partial charge in [0.2, 0.25) is 5.91 Å². The predicted molar refractivity (Wildman–Crippen MR) is 93.8 cm³/mol. The van der Waals surface area contributed by atoms with Crippen molar-refractivity contribution in [1.82, 2.24) is 10.2 Å². The van der Waals surface area contributed by atoms with Gasteiger partial charge >= 0.3 is 0 Å². The fourth-order valence-electron chi connectivity index (χ4n) is 3.01. The molecule has 1 fully saturated rings. The van der Waals surface area contributed by atoms with Crippen LogP contribution in [-0.4, -0.2) is 46.6 Å². The van der Waals surface area contributed by atoms with E-state index in [1.165, 1.54) is 6.92 Å². The minimum Gasteiger partial charge on any atom is -0.390 e. The van der Waals surface area contributed by atoms with E-state index < -0.39 is 5.60 Å². The Kier molecular flexibility index (Phi) is 5.99. The number of nitrogens with zero attached hydrogens (tertiary/aromatic N) is 1. The molecule has 5 heteroatoms. The van der Waals surface area contributed by atoms with Crippen LogP contribution in [0, 0.1) is 0 Å². The van der Waals surface area contributed by atoms with E-state index in [4.69, 9.17) is 0 Å². The number of nitrogens with one attached hydrogen (secondary N) is 1. The molecule has 1 heterocycles. The van der Waals surface area contributed by atoms with E-state index in [-0.39, 0.29) is 17.9 Å². The number of piperidine rings is 1. The maximum Gasteiger partial charge on any atom is 0.253 e. The minimum atomic E-state index is -0.703. The minimum absolute atomic E-state index is 0.0146. The Morgan fingerprint density at radius 1 is 1.29 bits per heavy atom. The summed E-state index contributed by atoms with van der Waals surface area (Å²) in [4.78, 5) is 25.6. The first-order chi connectivity index (χ1) is 11.2. The van der Waals surface area contributed by atoms with Gasteiger partial charge in [0.15, 0.2) is 0 Å². The van der Waals surface area contributed by atoms with Gasteiger partial charge in [-0.05, 0) is 57.2 Å². The third-order valence-electron chi connectivity index (χ3n) is 4.39. The summed E-state index contributed by atoms with van der Waals surface area (Å²) in [5, 5.41) is 12.8. The molecule has 5 nitrogen and oxygen atoms in total. The highest BCUT2D eigenvalue weighted by Gasteiger charge is 2.24. The van der Waals surface area contributed by atoms with Gasteiger partial charge in [-0.15, -0.1) is 0 Å². The molecule has 1 aromatic rings. The monoisotopic (exact) mass is 332 g/mol. The number of carbonyl (C=O) groups is 2. The van der Waals surface area contributed by atoms with Crippen molar-refractivity contribution in [2.75, 3.05) is 13.1 Å². The summed E-state index contributed by atoms with van der Waals surface area (Å²) in [6.45, 7) is 6.44. The zero-order chi connectivity index (χ0) is 17.7. The number of carbonyl (C=O) groups excluding carboxylic acids is 2. The van der Waals surface area contributed by atoms with Gasteiger partial charge in [0.05, 0.1) is 5.60 Å². The van der Waals surface area contributed by atoms with Crippen molar-refractivity contribution < 1.29 is 14.7 Å². The number of likely N-dealkylation sites (tertiary alicyclic amines) is 1. The molecule has 0 aliphatic carbocycles. The van der Waals surface area contributed by atoms with Gasteiger partial charge < -0.3 is 15.3 Å². The lowest BCUT2D eigenvalue weighted by Crippen LogP contribution is -2.46. The number of hydrogen-bond donors (Lipinski definition) is 2. The molecule has 0 atom stereocenters. The topological polar surface area (TPSA) is 69.6 Å². The van der Waals surface area contributed by atoms with Gasteiger partial charge in [-0.25, -0.2) is 0 Å². The van der Waals surface area contributed by atoms with Crippen LogP contribution in [0.5, 0.6) is 0 Å². The van der Waals surface area contributed by atoms with Crippen molar-refractivity contribution in [3.63, 3.8) is 0 Å². The number of amides is 2. The number of benzene rings is 1. The average Bonchev–Trinajstić information content (AvgIpc) is 2.52. The second-order valence-corrected chi connectivity index (χ2v) is 7.28. The molecule has 0 unspecified atom stereocenters. The van der Waals surface area contributed by atoms with Crippen LogP contribution in [0.3, 0.4) is 0 Å². The summed E-state index contributed by atoms with van der Waals surface area (Å²) in [5.74, 6) is 0.0284. The molecule has 1 aliphatic rings. The first-order valence-electron chi connectivity index (χ1n) is 8.62. The molecule has 0 aromatic heterocycles. The molecule has 0 spiro atoms. The normalized spacial score (nSPS) is 16.1. The molecule has 132 valence electrons. The van der Waals surface area contributed by atoms with Gasteiger partial charge in [-0.3, -0.25) is 9.59 Å². The van der Waals surface area contributed by atoms with E-state index in [0.29, 0.717) is 25.1 Å². The van der Waals surface area contributed by atoms with E-state index in [1.54, 1.807) is 13.8 Å². The standard InChI is InChI=1S/C19H28N2O3/c1-14(22)20-17-8-11-21(12-9-17)18(23)16-6-4-5-15(13-16)7-10-19(2,3)24/h4-6,13,17,24H,7-12H2,1-3H3,(H,20,22). The van der Waals surface area contributed by atoms with E-state index in [1.807, 2.05) is 29.2 Å². The highest BCUT2D eigenvalue weighted by Crippen LogP contribution is 2.17. The summed E-state index contributed by atoms with van der Waals surface area (Å²) in [5.41, 5.74) is 1.06. The van der Waals surface area contributed by atoms with Gasteiger partial charge in [0.1, 0.15) is 0 Å². The Labute approximate surface area is 144 Å². The summed E-state index contributed by atoms with van der Waals surface area (Å²) in [6, 6.07) is 7.83. The zero-order valence-corrected chi connectivity index (χ0v) is 14.8. The first kappa shape index (κ1) is 18.5. The molecule has 0 bridgehead atoms. The van der Waals surface area contributed by atoms with Crippen LogP contribution < -0.4 is 5.32 Å². The molecule has 1 saturated heterocycles. The Morgan fingerprint density at radius 3 is 2.54 bits per heavy atom. The van der Waals surface area contributed by atoms with Crippen molar-refractivity contribution in [1.29, 1.82) is 0 Å². The SMILES string of the molecule is CC(=O)NC1CCN(C(=O)c2cccc(CCC(C)(C)O)c2)CC1. The maximum absolute atomic E-state index is 12.7. The van der Waals surface area contributed by atoms with Crippen LogP contribution in [-0.2, 0) is 11.2 Å². The molecule has 24 heavy (non-hydrogen) atoms. The number of rotatable bonds is 5. The van der Waals surface area contributed by atoms with Gasteiger partial charge in [-0.1, -0.05) is 12.1 Å². The lowest BCUT2D eigenvalue weighted by atomic mass is 9.97. The van der Waals surface area contributed by atoms with Gasteiger partial charge in [0, 0.05) is 31.6 Å². The predicted octanol–water partition coefficient (Wildman–Crippen LogP) is 2.13. The fraction of sp³-hybridized carbons (Fsp3) is 0.579. The lowest BCUT2D eigenvalue weighted by molar-refractivity contribution is -0.119. The molecule has 1 aromatic carbocycles. The molecule has 0 saturated carbocycles. The van der Waals surface area contributed by atoms with Crippen LogP contribution in [0.15, 0.2) is 24.3 Å². The number of aliphatic hydroxyl groups is 1. The van der Waals surface area contributed by atoms with E-state index in [2.05, 4.69) is 5.32 Å². The molecule has 2 rings (SSSR count). The molecular formula is C19H28N2O3. The van der Waals surface area contributed by atoms with Crippen LogP contribution in [0.4, 0.5) is 0 Å². The summed E-state index contributed by atoms with van der Waals surface area (Å²) in [6.07, 6.45) is 3.00. The highest BCUT2D eigenvalue weighted by molar-refractivity contribution is 5.94. The van der Waals surface area contributed by atoms with E-state index in [9.17, 15) is 14.7 Å². The van der Waals surface area contributed by atoms with Crippen molar-refractivity contribution in [2.45, 2.75) is 58.1 Å². The maximum atomic E-state index is 12.7. The fourth-order valence-corrected chi connectivity index (χ4v) is 3.01. The van der Waals surface area contributed by atoms with Crippen molar-refractivity contribution in [2.24, 2.45) is 0 Å². The van der Waals surface area contributed by atoms with Crippen molar-refractivity contribution >= 4 is 11.8 Å². The molecular weight excluding hydrogens is 304 g/mol. The summed E-state index contributed by atoms with van der Waals surface area (Å²) in [7, 11) is 0. The van der Waals surface area contributed by atoms with Crippen LogP contribution in [0.1, 0.15) is 56.0 Å². The zero-order valence-electron chi connectivity index (χ0n) is 14.8. The molecule has 2 N–H and O–H groups in total. The van der Waals surface area contributed by atoms with Crippen LogP contribution in [0.2, 0.25) is 0 Å². The van der Waals surface area contributed by atoms with E-state index in [0.717, 1.165) is 24.8 Å². The van der Waals surface area contributed by atoms with E-state index >= 15 is 0 Å². The van der Waals surface area contributed by atoms with Crippen molar-refractivity contribution in [3.05, 3.63) is 35.4 Å². The Hall–Kier alpha value is -1.88. The number of hydrogen-bond acceptors (Lipinski definition) is 3. The Balaban J connectivity index is 1.94. The highest BCUT2D eigenvalue weighted by atomic mass is 16.3. The summed E-state index contributed by atoms with van der Waals surface area (Å²) >= 11 is 0. The Bertz CT molecular complexity index is 585. The van der Waals surface area contributed by atoms with Gasteiger partial charge in [0.25, 0.3) is 5.91 Å². The second-order valence-electron chi connectivity index (χ2n) is 7.28. The number of aryl methyl sites for hydroxylation is 1. The third kappa shape index (κ3) is 5.64. The van der Waals surface area contributed by atoms with Crippen LogP contribution in [0.25, 0.3) is 0 Å². The molecule has 1 aliphatic heterocycles. The first-order valence-corrected chi connectivity index (χ1v) is 8.62. The third-order valence-corrected chi connectivity index (χ3v) is 4.39. The quantitative estimate of drug-likeness (QED) is 0.868. The molecule has 0 radical (unpaired) electrons. The van der Waals surface area contributed by atoms with Crippen LogP contribution >= 0.6 is 0 Å². The average molecular weight is 332 g/mol. The smallest absolute Gasteiger partial charge is 0.253 e. The Morgan fingerprint density at radius 2 is 1.96 bits per heavy atom. The lowest BCUT2D eigenvalue weighted by Gasteiger charge is -2.32.